The summed E-state index contributed by atoms with van der Waals surface area (Å²) in [6, 6.07) is 8.97. The van der Waals surface area contributed by atoms with E-state index in [1.54, 1.807) is 4.90 Å². The Labute approximate surface area is 184 Å². The second-order valence-electron chi connectivity index (χ2n) is 9.62. The van der Waals surface area contributed by atoms with E-state index in [1.807, 2.05) is 44.2 Å². The molecular weight excluding hydrogens is 394 g/mol. The molecule has 1 saturated carbocycles. The third-order valence-electron chi connectivity index (χ3n) is 6.80. The fourth-order valence-electron chi connectivity index (χ4n) is 5.08. The van der Waals surface area contributed by atoms with Crippen molar-refractivity contribution in [2.24, 2.45) is 23.0 Å². The smallest absolute Gasteiger partial charge is 0.240 e. The number of nitrogens with zero attached hydrogens (tertiary/aromatic N) is 2. The lowest BCUT2D eigenvalue weighted by Gasteiger charge is -2.34. The molecule has 0 radical (unpaired) electrons. The molecule has 0 aromatic heterocycles. The van der Waals surface area contributed by atoms with Gasteiger partial charge < -0.3 is 10.6 Å². The van der Waals surface area contributed by atoms with Gasteiger partial charge in [0, 0.05) is 6.54 Å². The summed E-state index contributed by atoms with van der Waals surface area (Å²) in [5.41, 5.74) is 6.27. The molecule has 2 fully saturated rings. The van der Waals surface area contributed by atoms with E-state index in [2.05, 4.69) is 0 Å². The molecule has 0 spiro atoms. The van der Waals surface area contributed by atoms with Crippen LogP contribution in [-0.4, -0.2) is 47.3 Å². The van der Waals surface area contributed by atoms with Crippen LogP contribution in [-0.2, 0) is 25.8 Å². The zero-order valence-electron chi connectivity index (χ0n) is 18.7. The van der Waals surface area contributed by atoms with Gasteiger partial charge in [0.25, 0.3) is 0 Å². The summed E-state index contributed by atoms with van der Waals surface area (Å²) >= 11 is 0. The molecule has 31 heavy (non-hydrogen) atoms. The summed E-state index contributed by atoms with van der Waals surface area (Å²) < 4.78 is 0. The Morgan fingerprint density at radius 2 is 1.94 bits per heavy atom. The molecule has 1 aliphatic heterocycles. The van der Waals surface area contributed by atoms with E-state index in [4.69, 9.17) is 10.6 Å². The monoisotopic (exact) mass is 429 g/mol. The van der Waals surface area contributed by atoms with Crippen LogP contribution in [0.3, 0.4) is 0 Å². The summed E-state index contributed by atoms with van der Waals surface area (Å²) in [5.74, 6) is -0.529. The number of benzene rings is 1. The minimum atomic E-state index is -0.624. The van der Waals surface area contributed by atoms with Gasteiger partial charge in [0.15, 0.2) is 0 Å². The van der Waals surface area contributed by atoms with Gasteiger partial charge in [-0.3, -0.25) is 19.2 Å². The highest BCUT2D eigenvalue weighted by molar-refractivity contribution is 5.89. The summed E-state index contributed by atoms with van der Waals surface area (Å²) in [6.45, 7) is 4.88. The third-order valence-corrected chi connectivity index (χ3v) is 6.80. The van der Waals surface area contributed by atoms with Gasteiger partial charge in [0.1, 0.15) is 12.6 Å². The first-order valence-electron chi connectivity index (χ1n) is 11.3. The first-order chi connectivity index (χ1) is 14.8. The van der Waals surface area contributed by atoms with Crippen LogP contribution < -0.4 is 5.73 Å². The predicted molar refractivity (Wildman–Crippen MR) is 117 cm³/mol. The number of hydrogen-bond donors (Lipinski definition) is 1. The molecule has 1 saturated heterocycles. The van der Waals surface area contributed by atoms with Gasteiger partial charge in [0.05, 0.1) is 12.5 Å². The SMILES string of the molecule is CC1(C)CCN(C(=O)C(CC2CCCC2)CN(C=O)OCc2ccccc2)[C@@H]1C(N)=O. The fraction of sp³-hybridized carbons (Fsp3) is 0.625. The van der Waals surface area contributed by atoms with E-state index in [1.165, 1.54) is 17.9 Å². The quantitative estimate of drug-likeness (QED) is 0.457. The Morgan fingerprint density at radius 3 is 2.55 bits per heavy atom. The molecular formula is C24H35N3O4. The average molecular weight is 430 g/mol. The van der Waals surface area contributed by atoms with Crippen LogP contribution in [0, 0.1) is 17.3 Å². The van der Waals surface area contributed by atoms with Crippen molar-refractivity contribution in [1.29, 1.82) is 0 Å². The molecule has 2 N–H and O–H groups in total. The topological polar surface area (TPSA) is 92.9 Å². The van der Waals surface area contributed by atoms with Crippen LogP contribution in [0.5, 0.6) is 0 Å². The van der Waals surface area contributed by atoms with Gasteiger partial charge in [-0.25, -0.2) is 5.06 Å². The molecule has 3 rings (SSSR count). The second kappa shape index (κ2) is 10.3. The summed E-state index contributed by atoms with van der Waals surface area (Å²) in [5, 5.41) is 1.23. The highest BCUT2D eigenvalue weighted by Gasteiger charge is 2.47. The molecule has 7 heteroatoms. The number of hydroxylamine groups is 2. The molecule has 170 valence electrons. The molecule has 1 heterocycles. The number of primary amides is 1. The number of carbonyl (C=O) groups excluding carboxylic acids is 3. The Hall–Kier alpha value is -2.41. The van der Waals surface area contributed by atoms with Crippen LogP contribution in [0.15, 0.2) is 30.3 Å². The maximum atomic E-state index is 13.6. The van der Waals surface area contributed by atoms with E-state index < -0.39 is 17.9 Å². The Balaban J connectivity index is 1.72. The molecule has 1 aromatic rings. The van der Waals surface area contributed by atoms with Crippen LogP contribution in [0.25, 0.3) is 0 Å². The second-order valence-corrected chi connectivity index (χ2v) is 9.62. The van der Waals surface area contributed by atoms with Gasteiger partial charge in [-0.15, -0.1) is 0 Å². The van der Waals surface area contributed by atoms with E-state index >= 15 is 0 Å². The Kier molecular flexibility index (Phi) is 7.70. The molecule has 1 aromatic carbocycles. The molecule has 1 aliphatic carbocycles. The lowest BCUT2D eigenvalue weighted by Crippen LogP contribution is -2.52. The standard InChI is InChI=1S/C24H35N3O4/c1-24(2)12-13-27(21(24)22(25)29)23(30)20(14-18-8-6-7-9-18)15-26(17-28)31-16-19-10-4-3-5-11-19/h3-5,10-11,17-18,20-21H,6-9,12-16H2,1-2H3,(H2,25,29)/t20?,21-/m1/s1. The zero-order chi connectivity index (χ0) is 22.4. The first kappa shape index (κ1) is 23.3. The van der Waals surface area contributed by atoms with Gasteiger partial charge in [-0.05, 0) is 29.7 Å². The van der Waals surface area contributed by atoms with Crippen LogP contribution >= 0.6 is 0 Å². The fourth-order valence-corrected chi connectivity index (χ4v) is 5.08. The van der Waals surface area contributed by atoms with Crippen LogP contribution in [0.4, 0.5) is 0 Å². The number of amides is 3. The minimum absolute atomic E-state index is 0.101. The molecule has 3 amide bonds. The molecule has 2 atom stereocenters. The van der Waals surface area contributed by atoms with Crippen molar-refractivity contribution in [1.82, 2.24) is 9.96 Å². The van der Waals surface area contributed by atoms with E-state index in [0.717, 1.165) is 24.8 Å². The van der Waals surface area contributed by atoms with E-state index in [-0.39, 0.29) is 24.5 Å². The van der Waals surface area contributed by atoms with E-state index in [0.29, 0.717) is 25.3 Å². The number of hydrogen-bond acceptors (Lipinski definition) is 4. The van der Waals surface area contributed by atoms with Crippen molar-refractivity contribution in [2.75, 3.05) is 13.1 Å². The molecule has 0 bridgehead atoms. The molecule has 7 nitrogen and oxygen atoms in total. The maximum absolute atomic E-state index is 13.6. The van der Waals surface area contributed by atoms with Crippen molar-refractivity contribution in [3.8, 4) is 0 Å². The third kappa shape index (κ3) is 5.85. The summed E-state index contributed by atoms with van der Waals surface area (Å²) in [7, 11) is 0. The lowest BCUT2D eigenvalue weighted by atomic mass is 9.84. The number of nitrogens with two attached hydrogens (primary N) is 1. The first-order valence-corrected chi connectivity index (χ1v) is 11.3. The number of likely N-dealkylation sites (tertiary alicyclic amines) is 1. The van der Waals surface area contributed by atoms with E-state index in [9.17, 15) is 14.4 Å². The maximum Gasteiger partial charge on any atom is 0.240 e. The highest BCUT2D eigenvalue weighted by Crippen LogP contribution is 2.38. The van der Waals surface area contributed by atoms with Crippen molar-refractivity contribution in [2.45, 2.75) is 65.0 Å². The lowest BCUT2D eigenvalue weighted by molar-refractivity contribution is -0.184. The normalized spacial score (nSPS) is 21.7. The number of carbonyl (C=O) groups is 3. The van der Waals surface area contributed by atoms with Crippen molar-refractivity contribution in [3.63, 3.8) is 0 Å². The van der Waals surface area contributed by atoms with Gasteiger partial charge in [-0.2, -0.15) is 0 Å². The van der Waals surface area contributed by atoms with Crippen LogP contribution in [0.1, 0.15) is 57.9 Å². The van der Waals surface area contributed by atoms with Crippen LogP contribution in [0.2, 0.25) is 0 Å². The number of rotatable bonds is 10. The predicted octanol–water partition coefficient (Wildman–Crippen LogP) is 2.89. The summed E-state index contributed by atoms with van der Waals surface area (Å²) in [6.07, 6.45) is 6.60. The van der Waals surface area contributed by atoms with Gasteiger partial charge >= 0.3 is 0 Å². The highest BCUT2D eigenvalue weighted by atomic mass is 16.7. The van der Waals surface area contributed by atoms with Crippen molar-refractivity contribution in [3.05, 3.63) is 35.9 Å². The largest absolute Gasteiger partial charge is 0.368 e. The minimum Gasteiger partial charge on any atom is -0.368 e. The Morgan fingerprint density at radius 1 is 1.26 bits per heavy atom. The molecule has 2 aliphatic rings. The van der Waals surface area contributed by atoms with Crippen molar-refractivity contribution < 1.29 is 19.2 Å². The Bertz CT molecular complexity index is 761. The van der Waals surface area contributed by atoms with Gasteiger partial charge in [0.2, 0.25) is 18.2 Å². The zero-order valence-corrected chi connectivity index (χ0v) is 18.7. The van der Waals surface area contributed by atoms with Crippen molar-refractivity contribution >= 4 is 18.2 Å². The summed E-state index contributed by atoms with van der Waals surface area (Å²) in [4.78, 5) is 44.8. The average Bonchev–Trinajstić information content (AvgIpc) is 3.37. The molecule has 1 unspecified atom stereocenters. The van der Waals surface area contributed by atoms with Gasteiger partial charge in [-0.1, -0.05) is 69.9 Å².